The second kappa shape index (κ2) is 7.25. The van der Waals surface area contributed by atoms with Gasteiger partial charge in [-0.05, 0) is 38.0 Å². The summed E-state index contributed by atoms with van der Waals surface area (Å²) >= 11 is 0. The highest BCUT2D eigenvalue weighted by Gasteiger charge is 2.25. The molecule has 2 aromatic rings. The van der Waals surface area contributed by atoms with Gasteiger partial charge < -0.3 is 4.74 Å². The third-order valence-electron chi connectivity index (χ3n) is 3.80. The van der Waals surface area contributed by atoms with E-state index < -0.39 is 10.2 Å². The average Bonchev–Trinajstić information content (AvgIpc) is 3.12. The first-order chi connectivity index (χ1) is 11.5. The third kappa shape index (κ3) is 4.08. The van der Waals surface area contributed by atoms with E-state index in [2.05, 4.69) is 14.7 Å². The lowest BCUT2D eigenvalue weighted by atomic mass is 10.3. The van der Waals surface area contributed by atoms with Gasteiger partial charge >= 0.3 is 0 Å². The molecule has 0 aliphatic carbocycles. The number of aromatic nitrogens is 2. The molecule has 0 bridgehead atoms. The average molecular weight is 348 g/mol. The second-order valence-corrected chi connectivity index (χ2v) is 7.39. The summed E-state index contributed by atoms with van der Waals surface area (Å²) in [7, 11) is -3.47. The summed E-state index contributed by atoms with van der Waals surface area (Å²) in [5, 5.41) is 0. The van der Waals surface area contributed by atoms with E-state index in [1.807, 2.05) is 13.0 Å². The van der Waals surface area contributed by atoms with Crippen LogP contribution in [-0.2, 0) is 16.8 Å². The third-order valence-corrected chi connectivity index (χ3v) is 5.35. The highest BCUT2D eigenvalue weighted by Crippen LogP contribution is 2.22. The van der Waals surface area contributed by atoms with Gasteiger partial charge in [0, 0.05) is 37.1 Å². The molecule has 128 valence electrons. The van der Waals surface area contributed by atoms with Crippen LogP contribution in [0.5, 0.6) is 11.6 Å². The van der Waals surface area contributed by atoms with Crippen LogP contribution in [0.25, 0.3) is 0 Å². The van der Waals surface area contributed by atoms with Gasteiger partial charge in [0.15, 0.2) is 0 Å². The zero-order chi connectivity index (χ0) is 17.0. The maximum absolute atomic E-state index is 12.3. The van der Waals surface area contributed by atoms with E-state index in [-0.39, 0.29) is 6.54 Å². The smallest absolute Gasteiger partial charge is 0.279 e. The Morgan fingerprint density at radius 1 is 1.21 bits per heavy atom. The molecule has 0 spiro atoms. The Balaban J connectivity index is 1.71. The van der Waals surface area contributed by atoms with Gasteiger partial charge in [-0.25, -0.2) is 4.98 Å². The summed E-state index contributed by atoms with van der Waals surface area (Å²) in [5.74, 6) is 0.926. The molecule has 0 amide bonds. The molecule has 1 saturated heterocycles. The van der Waals surface area contributed by atoms with Crippen molar-refractivity contribution in [3.63, 3.8) is 0 Å². The van der Waals surface area contributed by atoms with Gasteiger partial charge in [-0.2, -0.15) is 17.4 Å². The van der Waals surface area contributed by atoms with Crippen LogP contribution >= 0.6 is 0 Å². The maximum atomic E-state index is 12.3. The van der Waals surface area contributed by atoms with E-state index >= 15 is 0 Å². The summed E-state index contributed by atoms with van der Waals surface area (Å²) in [4.78, 5) is 8.37. The van der Waals surface area contributed by atoms with Gasteiger partial charge in [-0.15, -0.1) is 0 Å². The lowest BCUT2D eigenvalue weighted by molar-refractivity contribution is 0.448. The molecular formula is C16H20N4O3S. The molecule has 0 atom stereocenters. The number of rotatable bonds is 6. The number of hydrogen-bond donors (Lipinski definition) is 1. The van der Waals surface area contributed by atoms with Crippen LogP contribution in [0.4, 0.5) is 0 Å². The summed E-state index contributed by atoms with van der Waals surface area (Å²) in [6, 6.07) is 7.18. The van der Waals surface area contributed by atoms with Gasteiger partial charge in [-0.1, -0.05) is 6.07 Å². The fourth-order valence-electron chi connectivity index (χ4n) is 2.47. The quantitative estimate of drug-likeness (QED) is 0.863. The number of ether oxygens (including phenoxy) is 1. The Morgan fingerprint density at radius 2 is 2.00 bits per heavy atom. The first-order valence-electron chi connectivity index (χ1n) is 7.84. The maximum Gasteiger partial charge on any atom is 0.279 e. The first kappa shape index (κ1) is 16.8. The number of nitrogens with one attached hydrogen (secondary N) is 1. The molecule has 24 heavy (non-hydrogen) atoms. The number of hydrogen-bond acceptors (Lipinski definition) is 5. The van der Waals surface area contributed by atoms with Crippen LogP contribution in [0.2, 0.25) is 0 Å². The predicted molar refractivity (Wildman–Crippen MR) is 89.9 cm³/mol. The van der Waals surface area contributed by atoms with E-state index in [1.165, 1.54) is 4.31 Å². The van der Waals surface area contributed by atoms with E-state index in [4.69, 9.17) is 4.74 Å². The molecule has 8 heteroatoms. The SMILES string of the molecule is Cc1ccc(Oc2ncccc2CNS(=O)(=O)N2CCCC2)cn1. The molecule has 0 saturated carbocycles. The minimum Gasteiger partial charge on any atom is -0.437 e. The van der Waals surface area contributed by atoms with Crippen molar-refractivity contribution in [2.45, 2.75) is 26.3 Å². The van der Waals surface area contributed by atoms with E-state index in [9.17, 15) is 8.42 Å². The van der Waals surface area contributed by atoms with Gasteiger partial charge in [0.25, 0.3) is 10.2 Å². The molecule has 1 N–H and O–H groups in total. The molecular weight excluding hydrogens is 328 g/mol. The Hall–Kier alpha value is -2.03. The van der Waals surface area contributed by atoms with Crippen molar-refractivity contribution in [3.8, 4) is 11.6 Å². The molecule has 0 aromatic carbocycles. The van der Waals surface area contributed by atoms with Crippen molar-refractivity contribution in [3.05, 3.63) is 47.9 Å². The number of pyridine rings is 2. The van der Waals surface area contributed by atoms with Crippen LogP contribution in [-0.4, -0.2) is 35.8 Å². The highest BCUT2D eigenvalue weighted by atomic mass is 32.2. The van der Waals surface area contributed by atoms with Crippen LogP contribution in [0.1, 0.15) is 24.1 Å². The summed E-state index contributed by atoms with van der Waals surface area (Å²) in [6.07, 6.45) is 5.03. The van der Waals surface area contributed by atoms with Crippen molar-refractivity contribution in [2.75, 3.05) is 13.1 Å². The van der Waals surface area contributed by atoms with Gasteiger partial charge in [-0.3, -0.25) is 4.98 Å². The van der Waals surface area contributed by atoms with E-state index in [0.717, 1.165) is 18.5 Å². The van der Waals surface area contributed by atoms with Crippen molar-refractivity contribution >= 4 is 10.2 Å². The molecule has 1 aliphatic heterocycles. The van der Waals surface area contributed by atoms with Crippen molar-refractivity contribution in [2.24, 2.45) is 0 Å². The molecule has 2 aromatic heterocycles. The Bertz CT molecular complexity index is 787. The molecule has 3 heterocycles. The zero-order valence-corrected chi connectivity index (χ0v) is 14.3. The Labute approximate surface area is 141 Å². The van der Waals surface area contributed by atoms with Crippen molar-refractivity contribution < 1.29 is 13.2 Å². The Kier molecular flexibility index (Phi) is 5.08. The highest BCUT2D eigenvalue weighted by molar-refractivity contribution is 7.87. The molecule has 0 unspecified atom stereocenters. The predicted octanol–water partition coefficient (Wildman–Crippen LogP) is 2.01. The lowest BCUT2D eigenvalue weighted by Crippen LogP contribution is -2.38. The molecule has 0 radical (unpaired) electrons. The molecule has 1 aliphatic rings. The van der Waals surface area contributed by atoms with Crippen LogP contribution < -0.4 is 9.46 Å². The fourth-order valence-corrected chi connectivity index (χ4v) is 3.72. The number of aryl methyl sites for hydroxylation is 1. The Morgan fingerprint density at radius 3 is 2.71 bits per heavy atom. The number of nitrogens with zero attached hydrogens (tertiary/aromatic N) is 3. The minimum atomic E-state index is -3.47. The van der Waals surface area contributed by atoms with Gasteiger partial charge in [0.1, 0.15) is 5.75 Å². The fraction of sp³-hybridized carbons (Fsp3) is 0.375. The topological polar surface area (TPSA) is 84.4 Å². The van der Waals surface area contributed by atoms with Crippen molar-refractivity contribution in [1.82, 2.24) is 19.0 Å². The molecule has 7 nitrogen and oxygen atoms in total. The molecule has 1 fully saturated rings. The van der Waals surface area contributed by atoms with Crippen molar-refractivity contribution in [1.29, 1.82) is 0 Å². The summed E-state index contributed by atoms with van der Waals surface area (Å²) in [6.45, 7) is 3.16. The van der Waals surface area contributed by atoms with Crippen LogP contribution in [0.3, 0.4) is 0 Å². The second-order valence-electron chi connectivity index (χ2n) is 5.64. The van der Waals surface area contributed by atoms with Gasteiger partial charge in [0.05, 0.1) is 6.20 Å². The van der Waals surface area contributed by atoms with Gasteiger partial charge in [0.2, 0.25) is 5.88 Å². The standard InChI is InChI=1S/C16H20N4O3S/c1-13-6-7-15(12-18-13)23-16-14(5-4-8-17-16)11-19-24(21,22)20-9-2-3-10-20/h4-8,12,19H,2-3,9-11H2,1H3. The normalized spacial score (nSPS) is 15.5. The zero-order valence-electron chi connectivity index (χ0n) is 13.5. The van der Waals surface area contributed by atoms with Crippen LogP contribution in [0, 0.1) is 6.92 Å². The molecule has 3 rings (SSSR count). The summed E-state index contributed by atoms with van der Waals surface area (Å²) in [5.41, 5.74) is 1.56. The largest absolute Gasteiger partial charge is 0.437 e. The van der Waals surface area contributed by atoms with Crippen LogP contribution in [0.15, 0.2) is 36.7 Å². The lowest BCUT2D eigenvalue weighted by Gasteiger charge is -2.16. The minimum absolute atomic E-state index is 0.126. The summed E-state index contributed by atoms with van der Waals surface area (Å²) < 4.78 is 34.3. The van der Waals surface area contributed by atoms with E-state index in [0.29, 0.717) is 30.3 Å². The first-order valence-corrected chi connectivity index (χ1v) is 9.28. The van der Waals surface area contributed by atoms with E-state index in [1.54, 1.807) is 30.6 Å². The monoisotopic (exact) mass is 348 g/mol.